The van der Waals surface area contributed by atoms with E-state index >= 15 is 0 Å². The summed E-state index contributed by atoms with van der Waals surface area (Å²) in [5.74, 6) is 2.54. The lowest BCUT2D eigenvalue weighted by Crippen LogP contribution is -2.36. The van der Waals surface area contributed by atoms with Crippen molar-refractivity contribution in [3.8, 4) is 5.75 Å². The Labute approximate surface area is 135 Å². The molecule has 22 heavy (non-hydrogen) atoms. The van der Waals surface area contributed by atoms with Gasteiger partial charge in [0, 0.05) is 31.7 Å². The Hall–Kier alpha value is -1.82. The third-order valence-corrected chi connectivity index (χ3v) is 4.44. The van der Waals surface area contributed by atoms with Gasteiger partial charge in [-0.15, -0.1) is 0 Å². The minimum atomic E-state index is 0.603. The van der Waals surface area contributed by atoms with Crippen LogP contribution in [0.3, 0.4) is 0 Å². The first kappa shape index (κ1) is 15.1. The fraction of sp³-hybridized carbons (Fsp3) is 0.438. The van der Waals surface area contributed by atoms with E-state index in [9.17, 15) is 0 Å². The number of rotatable bonds is 5. The van der Waals surface area contributed by atoms with Crippen LogP contribution in [-0.4, -0.2) is 40.9 Å². The molecule has 1 saturated heterocycles. The summed E-state index contributed by atoms with van der Waals surface area (Å²) in [4.78, 5) is 15.1. The lowest BCUT2D eigenvalue weighted by Gasteiger charge is -2.32. The molecule has 0 aliphatic carbocycles. The normalized spacial score (nSPS) is 15.8. The van der Waals surface area contributed by atoms with Crippen molar-refractivity contribution >= 4 is 17.6 Å². The first-order chi connectivity index (χ1) is 10.8. The van der Waals surface area contributed by atoms with Gasteiger partial charge in [0.25, 0.3) is 0 Å². The predicted octanol–water partition coefficient (Wildman–Crippen LogP) is 2.89. The summed E-state index contributed by atoms with van der Waals surface area (Å²) in [7, 11) is 0. The summed E-state index contributed by atoms with van der Waals surface area (Å²) in [5, 5.41) is 0.834. The van der Waals surface area contributed by atoms with E-state index in [0.29, 0.717) is 5.92 Å². The van der Waals surface area contributed by atoms with Gasteiger partial charge in [0.15, 0.2) is 5.16 Å². The monoisotopic (exact) mass is 316 g/mol. The fourth-order valence-corrected chi connectivity index (χ4v) is 2.93. The van der Waals surface area contributed by atoms with Gasteiger partial charge in [0.2, 0.25) is 0 Å². The number of anilines is 1. The van der Waals surface area contributed by atoms with Crippen LogP contribution in [-0.2, 0) is 0 Å². The molecule has 2 aromatic rings. The Balaban J connectivity index is 1.49. The van der Waals surface area contributed by atoms with Crippen LogP contribution in [0.4, 0.5) is 5.82 Å². The Kier molecular flexibility index (Phi) is 5.11. The third kappa shape index (κ3) is 3.88. The molecule has 0 N–H and O–H groups in total. The van der Waals surface area contributed by atoms with Crippen LogP contribution < -0.4 is 9.64 Å². The van der Waals surface area contributed by atoms with E-state index in [0.717, 1.165) is 49.3 Å². The van der Waals surface area contributed by atoms with Crippen molar-refractivity contribution < 1.29 is 4.74 Å². The first-order valence-electron chi connectivity index (χ1n) is 7.50. The topological polar surface area (TPSA) is 51.1 Å². The molecule has 3 rings (SSSR count). The van der Waals surface area contributed by atoms with Crippen LogP contribution in [0.2, 0.25) is 0 Å². The molecular weight excluding hydrogens is 296 g/mol. The van der Waals surface area contributed by atoms with Crippen LogP contribution in [0.15, 0.2) is 41.9 Å². The van der Waals surface area contributed by atoms with Gasteiger partial charge in [-0.3, -0.25) is 4.98 Å². The van der Waals surface area contributed by atoms with Crippen molar-refractivity contribution in [2.45, 2.75) is 18.0 Å². The number of thioether (sulfide) groups is 1. The zero-order chi connectivity index (χ0) is 15.2. The molecule has 1 fully saturated rings. The molecule has 1 aliphatic heterocycles. The van der Waals surface area contributed by atoms with Gasteiger partial charge >= 0.3 is 0 Å². The number of hydrogen-bond acceptors (Lipinski definition) is 6. The number of hydrogen-bond donors (Lipinski definition) is 0. The second-order valence-electron chi connectivity index (χ2n) is 5.33. The highest BCUT2D eigenvalue weighted by Gasteiger charge is 2.21. The van der Waals surface area contributed by atoms with Gasteiger partial charge < -0.3 is 9.64 Å². The number of pyridine rings is 1. The highest BCUT2D eigenvalue weighted by Crippen LogP contribution is 2.23. The summed E-state index contributed by atoms with van der Waals surface area (Å²) >= 11 is 1.58. The minimum Gasteiger partial charge on any atom is -0.493 e. The maximum absolute atomic E-state index is 5.84. The Bertz CT molecular complexity index is 588. The van der Waals surface area contributed by atoms with Crippen molar-refractivity contribution in [3.05, 3.63) is 36.8 Å². The molecule has 0 atom stereocenters. The average molecular weight is 316 g/mol. The minimum absolute atomic E-state index is 0.603. The lowest BCUT2D eigenvalue weighted by molar-refractivity contribution is 0.222. The van der Waals surface area contributed by atoms with E-state index in [4.69, 9.17) is 4.74 Å². The van der Waals surface area contributed by atoms with Gasteiger partial charge in [-0.25, -0.2) is 9.97 Å². The van der Waals surface area contributed by atoms with E-state index < -0.39 is 0 Å². The van der Waals surface area contributed by atoms with Crippen molar-refractivity contribution in [1.82, 2.24) is 15.0 Å². The van der Waals surface area contributed by atoms with E-state index in [1.165, 1.54) is 0 Å². The standard InChI is InChI=1S/C16H20N4OS/c1-22-16-18-9-4-15(19-16)20-10-5-13(6-11-20)12-21-14-2-7-17-8-3-14/h2-4,7-9,13H,5-6,10-12H2,1H3. The van der Waals surface area contributed by atoms with Crippen LogP contribution in [0.5, 0.6) is 5.75 Å². The molecular formula is C16H20N4OS. The summed E-state index contributed by atoms with van der Waals surface area (Å²) in [6.45, 7) is 2.82. The third-order valence-electron chi connectivity index (χ3n) is 3.88. The van der Waals surface area contributed by atoms with Crippen molar-refractivity contribution in [1.29, 1.82) is 0 Å². The fourth-order valence-electron chi connectivity index (χ4n) is 2.58. The summed E-state index contributed by atoms with van der Waals surface area (Å²) in [5.41, 5.74) is 0. The molecule has 0 amide bonds. The van der Waals surface area contributed by atoms with Gasteiger partial charge in [-0.05, 0) is 43.2 Å². The molecule has 3 heterocycles. The van der Waals surface area contributed by atoms with Crippen LogP contribution in [0, 0.1) is 5.92 Å². The molecule has 0 radical (unpaired) electrons. The molecule has 1 aliphatic rings. The molecule has 116 valence electrons. The maximum Gasteiger partial charge on any atom is 0.189 e. The molecule has 0 unspecified atom stereocenters. The summed E-state index contributed by atoms with van der Waals surface area (Å²) < 4.78 is 5.84. The quantitative estimate of drug-likeness (QED) is 0.624. The van der Waals surface area contributed by atoms with Crippen LogP contribution in [0.1, 0.15) is 12.8 Å². The Morgan fingerprint density at radius 1 is 1.18 bits per heavy atom. The Morgan fingerprint density at radius 3 is 2.68 bits per heavy atom. The molecule has 6 heteroatoms. The second kappa shape index (κ2) is 7.45. The van der Waals surface area contributed by atoms with Gasteiger partial charge in [0.1, 0.15) is 11.6 Å². The number of ether oxygens (including phenoxy) is 1. The lowest BCUT2D eigenvalue weighted by atomic mass is 9.98. The zero-order valence-corrected chi connectivity index (χ0v) is 13.5. The van der Waals surface area contributed by atoms with E-state index in [1.54, 1.807) is 24.2 Å². The molecule has 0 spiro atoms. The maximum atomic E-state index is 5.84. The number of nitrogens with zero attached hydrogens (tertiary/aromatic N) is 4. The SMILES string of the molecule is CSc1nccc(N2CCC(COc3ccncc3)CC2)n1. The van der Waals surface area contributed by atoms with Gasteiger partial charge in [-0.1, -0.05) is 11.8 Å². The van der Waals surface area contributed by atoms with Crippen molar-refractivity contribution in [2.75, 3.05) is 30.9 Å². The molecule has 0 saturated carbocycles. The smallest absolute Gasteiger partial charge is 0.189 e. The first-order valence-corrected chi connectivity index (χ1v) is 8.72. The van der Waals surface area contributed by atoms with Gasteiger partial charge in [-0.2, -0.15) is 0 Å². The highest BCUT2D eigenvalue weighted by molar-refractivity contribution is 7.98. The van der Waals surface area contributed by atoms with E-state index in [-0.39, 0.29) is 0 Å². The van der Waals surface area contributed by atoms with E-state index in [1.807, 2.05) is 30.7 Å². The largest absolute Gasteiger partial charge is 0.493 e. The van der Waals surface area contributed by atoms with Gasteiger partial charge in [0.05, 0.1) is 6.61 Å². The number of aromatic nitrogens is 3. The number of piperidine rings is 1. The van der Waals surface area contributed by atoms with Crippen molar-refractivity contribution in [3.63, 3.8) is 0 Å². The highest BCUT2D eigenvalue weighted by atomic mass is 32.2. The van der Waals surface area contributed by atoms with Crippen LogP contribution in [0.25, 0.3) is 0 Å². The second-order valence-corrected chi connectivity index (χ2v) is 6.10. The van der Waals surface area contributed by atoms with Crippen molar-refractivity contribution in [2.24, 2.45) is 5.92 Å². The zero-order valence-electron chi connectivity index (χ0n) is 12.7. The summed E-state index contributed by atoms with van der Waals surface area (Å²) in [6.07, 6.45) is 9.62. The molecule has 2 aromatic heterocycles. The predicted molar refractivity (Wildman–Crippen MR) is 88.5 cm³/mol. The van der Waals surface area contributed by atoms with Crippen LogP contribution >= 0.6 is 11.8 Å². The molecule has 5 nitrogen and oxygen atoms in total. The average Bonchev–Trinajstić information content (AvgIpc) is 2.61. The molecule has 0 aromatic carbocycles. The Morgan fingerprint density at radius 2 is 1.95 bits per heavy atom. The van der Waals surface area contributed by atoms with E-state index in [2.05, 4.69) is 19.9 Å². The molecule has 0 bridgehead atoms. The summed E-state index contributed by atoms with van der Waals surface area (Å²) in [6, 6.07) is 5.80.